The number of nitrogens with zero attached hydrogens (tertiary/aromatic N) is 1. The lowest BCUT2D eigenvalue weighted by molar-refractivity contribution is -0.138. The van der Waals surface area contributed by atoms with Crippen LogP contribution in [-0.4, -0.2) is 37.6 Å². The predicted molar refractivity (Wildman–Crippen MR) is 121 cm³/mol. The van der Waals surface area contributed by atoms with Gasteiger partial charge in [0.15, 0.2) is 0 Å². The van der Waals surface area contributed by atoms with Crippen LogP contribution in [0.5, 0.6) is 0 Å². The number of benzene rings is 1. The molecule has 1 aliphatic heterocycles. The van der Waals surface area contributed by atoms with Crippen molar-refractivity contribution in [1.29, 1.82) is 0 Å². The Morgan fingerprint density at radius 2 is 1.45 bits per heavy atom. The summed E-state index contributed by atoms with van der Waals surface area (Å²) in [5.41, 5.74) is 4.34. The zero-order chi connectivity index (χ0) is 22.4. The standard InChI is InChI=1S/C26H35NO4/c1-18-22(25(28)30-3)24(21-15-9-6-10-16-21)23(26(29)31-4)19(2)27(18)17-11-14-20-12-7-5-8-13-20/h5,7-8,12-13,21,24H,6,9-11,14-17H2,1-4H3. The molecule has 0 unspecified atom stereocenters. The Morgan fingerprint density at radius 1 is 0.903 bits per heavy atom. The first-order valence-electron chi connectivity index (χ1n) is 11.4. The molecule has 2 aliphatic rings. The Hall–Kier alpha value is -2.56. The number of rotatable bonds is 7. The zero-order valence-corrected chi connectivity index (χ0v) is 19.3. The van der Waals surface area contributed by atoms with E-state index in [9.17, 15) is 9.59 Å². The number of aryl methyl sites for hydroxylation is 1. The number of esters is 2. The maximum Gasteiger partial charge on any atom is 0.336 e. The summed E-state index contributed by atoms with van der Waals surface area (Å²) in [6, 6.07) is 10.4. The van der Waals surface area contributed by atoms with Gasteiger partial charge in [0.2, 0.25) is 0 Å². The molecule has 0 saturated heterocycles. The molecule has 31 heavy (non-hydrogen) atoms. The largest absolute Gasteiger partial charge is 0.466 e. The van der Waals surface area contributed by atoms with Crippen LogP contribution in [0.2, 0.25) is 0 Å². The van der Waals surface area contributed by atoms with Gasteiger partial charge >= 0.3 is 11.9 Å². The van der Waals surface area contributed by atoms with Crippen LogP contribution in [0.1, 0.15) is 57.9 Å². The van der Waals surface area contributed by atoms with Crippen LogP contribution in [0.4, 0.5) is 0 Å². The highest BCUT2D eigenvalue weighted by Crippen LogP contribution is 2.45. The van der Waals surface area contributed by atoms with E-state index in [1.807, 2.05) is 32.0 Å². The molecular formula is C26H35NO4. The molecule has 1 fully saturated rings. The van der Waals surface area contributed by atoms with Crippen molar-refractivity contribution < 1.29 is 19.1 Å². The van der Waals surface area contributed by atoms with E-state index in [0.717, 1.165) is 56.5 Å². The molecular weight excluding hydrogens is 390 g/mol. The number of hydrogen-bond donors (Lipinski definition) is 0. The summed E-state index contributed by atoms with van der Waals surface area (Å²) in [5.74, 6) is -0.677. The SMILES string of the molecule is COC(=O)C1=C(C)N(CCCc2ccccc2)C(C)=C(C(=O)OC)C1C1CCCCC1. The van der Waals surface area contributed by atoms with Crippen LogP contribution in [0.15, 0.2) is 52.9 Å². The molecule has 1 aromatic rings. The van der Waals surface area contributed by atoms with Gasteiger partial charge in [0.25, 0.3) is 0 Å². The van der Waals surface area contributed by atoms with Crippen molar-refractivity contribution in [3.8, 4) is 0 Å². The van der Waals surface area contributed by atoms with Gasteiger partial charge in [-0.25, -0.2) is 9.59 Å². The molecule has 5 nitrogen and oxygen atoms in total. The van der Waals surface area contributed by atoms with Crippen LogP contribution in [0.3, 0.4) is 0 Å². The molecule has 3 rings (SSSR count). The molecule has 0 aromatic heterocycles. The maximum atomic E-state index is 13.0. The Balaban J connectivity index is 1.96. The van der Waals surface area contributed by atoms with E-state index in [1.165, 1.54) is 26.2 Å². The quantitative estimate of drug-likeness (QED) is 0.574. The Kier molecular flexibility index (Phi) is 7.94. The van der Waals surface area contributed by atoms with Crippen LogP contribution in [0.25, 0.3) is 0 Å². The highest BCUT2D eigenvalue weighted by Gasteiger charge is 2.43. The minimum absolute atomic E-state index is 0.258. The van der Waals surface area contributed by atoms with E-state index >= 15 is 0 Å². The van der Waals surface area contributed by atoms with E-state index in [2.05, 4.69) is 17.0 Å². The molecule has 168 valence electrons. The van der Waals surface area contributed by atoms with Gasteiger partial charge in [-0.15, -0.1) is 0 Å². The van der Waals surface area contributed by atoms with Crippen molar-refractivity contribution >= 4 is 11.9 Å². The van der Waals surface area contributed by atoms with Gasteiger partial charge in [0.1, 0.15) is 0 Å². The molecule has 1 aliphatic carbocycles. The minimum atomic E-state index is -0.338. The Bertz CT molecular complexity index is 809. The van der Waals surface area contributed by atoms with Crippen molar-refractivity contribution in [2.75, 3.05) is 20.8 Å². The molecule has 0 atom stereocenters. The zero-order valence-electron chi connectivity index (χ0n) is 19.3. The van der Waals surface area contributed by atoms with Gasteiger partial charge in [-0.3, -0.25) is 0 Å². The van der Waals surface area contributed by atoms with E-state index < -0.39 is 0 Å². The predicted octanol–water partition coefficient (Wildman–Crippen LogP) is 5.03. The topological polar surface area (TPSA) is 55.8 Å². The van der Waals surface area contributed by atoms with Crippen molar-refractivity contribution in [2.45, 2.75) is 58.8 Å². The molecule has 1 heterocycles. The van der Waals surface area contributed by atoms with Gasteiger partial charge in [-0.1, -0.05) is 49.6 Å². The molecule has 0 radical (unpaired) electrons. The second-order valence-electron chi connectivity index (χ2n) is 8.60. The first-order chi connectivity index (χ1) is 15.0. The molecule has 0 N–H and O–H groups in total. The molecule has 0 amide bonds. The van der Waals surface area contributed by atoms with Crippen molar-refractivity contribution in [2.24, 2.45) is 11.8 Å². The summed E-state index contributed by atoms with van der Waals surface area (Å²) >= 11 is 0. The summed E-state index contributed by atoms with van der Waals surface area (Å²) in [4.78, 5) is 28.0. The number of ether oxygens (including phenoxy) is 2. The Labute approximate surface area is 186 Å². The van der Waals surface area contributed by atoms with E-state index in [4.69, 9.17) is 9.47 Å². The normalized spacial score (nSPS) is 18.4. The number of methoxy groups -OCH3 is 2. The van der Waals surface area contributed by atoms with E-state index in [0.29, 0.717) is 11.1 Å². The monoisotopic (exact) mass is 425 g/mol. The van der Waals surface area contributed by atoms with Crippen molar-refractivity contribution in [1.82, 2.24) is 4.90 Å². The van der Waals surface area contributed by atoms with Crippen LogP contribution < -0.4 is 0 Å². The molecule has 1 saturated carbocycles. The number of carbonyl (C=O) groups is 2. The summed E-state index contributed by atoms with van der Waals surface area (Å²) in [7, 11) is 2.84. The van der Waals surface area contributed by atoms with E-state index in [-0.39, 0.29) is 23.8 Å². The molecule has 5 heteroatoms. The Morgan fingerprint density at radius 3 is 1.97 bits per heavy atom. The fourth-order valence-electron chi connectivity index (χ4n) is 5.27. The number of allylic oxidation sites excluding steroid dienone is 2. The average molecular weight is 426 g/mol. The van der Waals surface area contributed by atoms with Crippen LogP contribution >= 0.6 is 0 Å². The second-order valence-corrected chi connectivity index (χ2v) is 8.60. The highest BCUT2D eigenvalue weighted by atomic mass is 16.5. The van der Waals surface area contributed by atoms with Gasteiger partial charge in [-0.05, 0) is 51.0 Å². The summed E-state index contributed by atoms with van der Waals surface area (Å²) in [5, 5.41) is 0. The minimum Gasteiger partial charge on any atom is -0.466 e. The van der Waals surface area contributed by atoms with Gasteiger partial charge in [0, 0.05) is 23.9 Å². The lowest BCUT2D eigenvalue weighted by Crippen LogP contribution is -2.39. The van der Waals surface area contributed by atoms with Gasteiger partial charge < -0.3 is 14.4 Å². The summed E-state index contributed by atoms with van der Waals surface area (Å²) < 4.78 is 10.4. The van der Waals surface area contributed by atoms with Crippen LogP contribution in [-0.2, 0) is 25.5 Å². The van der Waals surface area contributed by atoms with Crippen molar-refractivity contribution in [3.63, 3.8) is 0 Å². The number of carbonyl (C=O) groups excluding carboxylic acids is 2. The third kappa shape index (κ3) is 5.03. The van der Waals surface area contributed by atoms with Gasteiger partial charge in [-0.2, -0.15) is 0 Å². The average Bonchev–Trinajstić information content (AvgIpc) is 2.81. The third-order valence-electron chi connectivity index (χ3n) is 6.83. The van der Waals surface area contributed by atoms with Crippen molar-refractivity contribution in [3.05, 3.63) is 58.4 Å². The highest BCUT2D eigenvalue weighted by molar-refractivity contribution is 5.97. The summed E-state index contributed by atoms with van der Waals surface area (Å²) in [6.07, 6.45) is 7.34. The fourth-order valence-corrected chi connectivity index (χ4v) is 5.27. The smallest absolute Gasteiger partial charge is 0.336 e. The first kappa shape index (κ1) is 23.1. The maximum absolute atomic E-state index is 13.0. The van der Waals surface area contributed by atoms with Crippen LogP contribution in [0, 0.1) is 11.8 Å². The number of hydrogen-bond acceptors (Lipinski definition) is 5. The fraction of sp³-hybridized carbons (Fsp3) is 0.538. The first-order valence-corrected chi connectivity index (χ1v) is 11.4. The molecule has 0 bridgehead atoms. The van der Waals surface area contributed by atoms with Gasteiger partial charge in [0.05, 0.1) is 25.4 Å². The molecule has 1 aromatic carbocycles. The summed E-state index contributed by atoms with van der Waals surface area (Å²) in [6.45, 7) is 4.70. The second kappa shape index (κ2) is 10.7. The molecule has 0 spiro atoms. The van der Waals surface area contributed by atoms with E-state index in [1.54, 1.807) is 0 Å². The lowest BCUT2D eigenvalue weighted by Gasteiger charge is -2.41. The lowest BCUT2D eigenvalue weighted by atomic mass is 9.70. The third-order valence-corrected chi connectivity index (χ3v) is 6.83.